The van der Waals surface area contributed by atoms with E-state index in [4.69, 9.17) is 0 Å². The minimum absolute atomic E-state index is 0.760. The number of hydrogen-bond acceptors (Lipinski definition) is 2. The molecule has 0 amide bonds. The zero-order valence-corrected chi connectivity index (χ0v) is 11.5. The number of nitrogens with zero attached hydrogens (tertiary/aromatic N) is 1. The zero-order chi connectivity index (χ0) is 11.8. The minimum atomic E-state index is 0.760. The van der Waals surface area contributed by atoms with E-state index in [1.807, 2.05) is 0 Å². The van der Waals surface area contributed by atoms with Crippen molar-refractivity contribution in [2.45, 2.75) is 58.9 Å². The molecule has 0 aromatic heterocycles. The molecule has 0 radical (unpaired) electrons. The molecule has 1 unspecified atom stereocenters. The molecule has 1 atom stereocenters. The van der Waals surface area contributed by atoms with Crippen molar-refractivity contribution in [1.29, 1.82) is 0 Å². The summed E-state index contributed by atoms with van der Waals surface area (Å²) in [6.45, 7) is 11.6. The van der Waals surface area contributed by atoms with Gasteiger partial charge in [0, 0.05) is 19.1 Å². The molecule has 0 aromatic rings. The van der Waals surface area contributed by atoms with Gasteiger partial charge in [-0.05, 0) is 38.3 Å². The highest BCUT2D eigenvalue weighted by atomic mass is 15.2. The SMILES string of the molecule is CCCC(CNCC)N(CC)CC1CCC1. The smallest absolute Gasteiger partial charge is 0.0220 e. The van der Waals surface area contributed by atoms with Crippen LogP contribution in [0.1, 0.15) is 52.9 Å². The second-order valence-corrected chi connectivity index (χ2v) is 5.13. The predicted molar refractivity (Wildman–Crippen MR) is 71.8 cm³/mol. The van der Waals surface area contributed by atoms with Gasteiger partial charge in [-0.1, -0.05) is 33.6 Å². The van der Waals surface area contributed by atoms with Gasteiger partial charge < -0.3 is 5.32 Å². The van der Waals surface area contributed by atoms with Crippen molar-refractivity contribution in [1.82, 2.24) is 10.2 Å². The first-order valence-corrected chi connectivity index (χ1v) is 7.26. The van der Waals surface area contributed by atoms with E-state index in [-0.39, 0.29) is 0 Å². The Morgan fingerprint density at radius 3 is 2.44 bits per heavy atom. The first kappa shape index (κ1) is 14.0. The molecule has 0 saturated heterocycles. The van der Waals surface area contributed by atoms with Gasteiger partial charge in [-0.3, -0.25) is 4.90 Å². The van der Waals surface area contributed by atoms with Crippen molar-refractivity contribution in [2.24, 2.45) is 5.92 Å². The van der Waals surface area contributed by atoms with Crippen molar-refractivity contribution in [3.05, 3.63) is 0 Å². The second-order valence-electron chi connectivity index (χ2n) is 5.13. The molecule has 0 bridgehead atoms. The summed E-state index contributed by atoms with van der Waals surface area (Å²) < 4.78 is 0. The average molecular weight is 226 g/mol. The molecule has 1 aliphatic carbocycles. The van der Waals surface area contributed by atoms with E-state index in [0.717, 1.165) is 18.5 Å². The van der Waals surface area contributed by atoms with Crippen LogP contribution < -0.4 is 5.32 Å². The highest BCUT2D eigenvalue weighted by molar-refractivity contribution is 4.79. The number of rotatable bonds is 9. The molecule has 2 heteroatoms. The van der Waals surface area contributed by atoms with E-state index in [0.29, 0.717) is 0 Å². The summed E-state index contributed by atoms with van der Waals surface area (Å²) in [5, 5.41) is 3.52. The fourth-order valence-corrected chi connectivity index (χ4v) is 2.60. The van der Waals surface area contributed by atoms with Crippen LogP contribution in [0, 0.1) is 5.92 Å². The standard InChI is InChI=1S/C14H30N2/c1-4-8-14(11-15-5-2)16(6-3)12-13-9-7-10-13/h13-15H,4-12H2,1-3H3. The van der Waals surface area contributed by atoms with Crippen molar-refractivity contribution >= 4 is 0 Å². The number of nitrogens with one attached hydrogen (secondary N) is 1. The topological polar surface area (TPSA) is 15.3 Å². The van der Waals surface area contributed by atoms with Crippen LogP contribution in [0.25, 0.3) is 0 Å². The van der Waals surface area contributed by atoms with E-state index in [1.165, 1.54) is 51.7 Å². The Hall–Kier alpha value is -0.0800. The van der Waals surface area contributed by atoms with E-state index in [1.54, 1.807) is 0 Å². The molecule has 0 spiro atoms. The van der Waals surface area contributed by atoms with E-state index in [2.05, 4.69) is 31.0 Å². The Labute approximate surface area is 102 Å². The zero-order valence-electron chi connectivity index (χ0n) is 11.5. The fraction of sp³-hybridized carbons (Fsp3) is 1.00. The van der Waals surface area contributed by atoms with Crippen LogP contribution in [0.4, 0.5) is 0 Å². The highest BCUT2D eigenvalue weighted by Gasteiger charge is 2.23. The summed E-state index contributed by atoms with van der Waals surface area (Å²) in [7, 11) is 0. The summed E-state index contributed by atoms with van der Waals surface area (Å²) in [5.74, 6) is 1.00. The first-order chi connectivity index (χ1) is 7.81. The summed E-state index contributed by atoms with van der Waals surface area (Å²) in [5.41, 5.74) is 0. The van der Waals surface area contributed by atoms with E-state index < -0.39 is 0 Å². The Morgan fingerprint density at radius 1 is 1.25 bits per heavy atom. The molecule has 1 saturated carbocycles. The lowest BCUT2D eigenvalue weighted by atomic mass is 9.84. The van der Waals surface area contributed by atoms with Crippen LogP contribution in [-0.4, -0.2) is 37.1 Å². The van der Waals surface area contributed by atoms with Gasteiger partial charge >= 0.3 is 0 Å². The first-order valence-electron chi connectivity index (χ1n) is 7.26. The summed E-state index contributed by atoms with van der Waals surface area (Å²) >= 11 is 0. The summed E-state index contributed by atoms with van der Waals surface area (Å²) in [6.07, 6.45) is 7.05. The maximum absolute atomic E-state index is 3.52. The Kier molecular flexibility index (Phi) is 7.06. The molecular formula is C14H30N2. The third kappa shape index (κ3) is 4.42. The lowest BCUT2D eigenvalue weighted by Gasteiger charge is -2.37. The molecule has 0 heterocycles. The average Bonchev–Trinajstić information content (AvgIpc) is 2.24. The third-order valence-corrected chi connectivity index (χ3v) is 3.89. The quantitative estimate of drug-likeness (QED) is 0.650. The molecule has 2 nitrogen and oxygen atoms in total. The van der Waals surface area contributed by atoms with Gasteiger partial charge in [0.25, 0.3) is 0 Å². The van der Waals surface area contributed by atoms with Crippen LogP contribution in [0.15, 0.2) is 0 Å². The van der Waals surface area contributed by atoms with Gasteiger partial charge in [0.2, 0.25) is 0 Å². The maximum Gasteiger partial charge on any atom is 0.0220 e. The van der Waals surface area contributed by atoms with Crippen LogP contribution in [0.3, 0.4) is 0 Å². The van der Waals surface area contributed by atoms with Gasteiger partial charge in [0.05, 0.1) is 0 Å². The Morgan fingerprint density at radius 2 is 2.00 bits per heavy atom. The normalized spacial score (nSPS) is 18.8. The molecule has 0 aromatic carbocycles. The van der Waals surface area contributed by atoms with E-state index >= 15 is 0 Å². The summed E-state index contributed by atoms with van der Waals surface area (Å²) in [4.78, 5) is 2.70. The van der Waals surface area contributed by atoms with Crippen molar-refractivity contribution < 1.29 is 0 Å². The lowest BCUT2D eigenvalue weighted by molar-refractivity contribution is 0.130. The third-order valence-electron chi connectivity index (χ3n) is 3.89. The van der Waals surface area contributed by atoms with Gasteiger partial charge in [0.1, 0.15) is 0 Å². The molecule has 0 aliphatic heterocycles. The summed E-state index contributed by atoms with van der Waals surface area (Å²) in [6, 6.07) is 0.760. The Balaban J connectivity index is 2.35. The van der Waals surface area contributed by atoms with Crippen LogP contribution in [0.5, 0.6) is 0 Å². The molecule has 1 aliphatic rings. The van der Waals surface area contributed by atoms with Crippen molar-refractivity contribution in [2.75, 3.05) is 26.2 Å². The van der Waals surface area contributed by atoms with Crippen LogP contribution >= 0.6 is 0 Å². The largest absolute Gasteiger partial charge is 0.315 e. The Bertz CT molecular complexity index is 166. The molecule has 1 fully saturated rings. The van der Waals surface area contributed by atoms with E-state index in [9.17, 15) is 0 Å². The monoisotopic (exact) mass is 226 g/mol. The fourth-order valence-electron chi connectivity index (χ4n) is 2.60. The predicted octanol–water partition coefficient (Wildman–Crippen LogP) is 2.89. The number of hydrogen-bond donors (Lipinski definition) is 1. The molecule has 96 valence electrons. The molecule has 1 N–H and O–H groups in total. The van der Waals surface area contributed by atoms with Gasteiger partial charge in [-0.15, -0.1) is 0 Å². The van der Waals surface area contributed by atoms with Crippen LogP contribution in [0.2, 0.25) is 0 Å². The molecule has 1 rings (SSSR count). The molecule has 16 heavy (non-hydrogen) atoms. The van der Waals surface area contributed by atoms with Crippen molar-refractivity contribution in [3.8, 4) is 0 Å². The van der Waals surface area contributed by atoms with Crippen LogP contribution in [-0.2, 0) is 0 Å². The maximum atomic E-state index is 3.52. The van der Waals surface area contributed by atoms with Gasteiger partial charge in [0.15, 0.2) is 0 Å². The highest BCUT2D eigenvalue weighted by Crippen LogP contribution is 2.27. The van der Waals surface area contributed by atoms with Gasteiger partial charge in [-0.25, -0.2) is 0 Å². The van der Waals surface area contributed by atoms with Gasteiger partial charge in [-0.2, -0.15) is 0 Å². The number of likely N-dealkylation sites (N-methyl/N-ethyl adjacent to an activating group) is 2. The lowest BCUT2D eigenvalue weighted by Crippen LogP contribution is -2.45. The van der Waals surface area contributed by atoms with Crippen molar-refractivity contribution in [3.63, 3.8) is 0 Å². The molecular weight excluding hydrogens is 196 g/mol. The second kappa shape index (κ2) is 8.08. The minimum Gasteiger partial charge on any atom is -0.315 e.